The van der Waals surface area contributed by atoms with Crippen molar-refractivity contribution in [1.29, 1.82) is 0 Å². The normalized spacial score (nSPS) is 22.4. The molecule has 2 heterocycles. The van der Waals surface area contributed by atoms with E-state index in [0.29, 0.717) is 37.4 Å². The van der Waals surface area contributed by atoms with Crippen LogP contribution in [0.25, 0.3) is 0 Å². The molecule has 4 rings (SSSR count). The summed E-state index contributed by atoms with van der Waals surface area (Å²) in [5.41, 5.74) is 0.642. The number of nitrogens with one attached hydrogen (secondary N) is 1. The molecule has 1 atom stereocenters. The summed E-state index contributed by atoms with van der Waals surface area (Å²) in [5, 5.41) is 2.78. The van der Waals surface area contributed by atoms with Crippen LogP contribution in [0.4, 0.5) is 25.0 Å². The first-order chi connectivity index (χ1) is 13.9. The number of benzene rings is 2. The van der Waals surface area contributed by atoms with Crippen LogP contribution in [0.3, 0.4) is 0 Å². The fraction of sp³-hybridized carbons (Fsp3) is 0.333. The summed E-state index contributed by atoms with van der Waals surface area (Å²) < 4.78 is 26.7. The maximum Gasteiger partial charge on any atom is 0.321 e. The number of likely N-dealkylation sites (tertiary alicyclic amines) is 1. The van der Waals surface area contributed by atoms with Crippen molar-refractivity contribution in [3.05, 3.63) is 60.2 Å². The zero-order valence-electron chi connectivity index (χ0n) is 16.1. The Kier molecular flexibility index (Phi) is 4.96. The van der Waals surface area contributed by atoms with Gasteiger partial charge in [0.05, 0.1) is 12.1 Å². The molecule has 8 heteroatoms. The highest BCUT2D eigenvalue weighted by Crippen LogP contribution is 2.33. The summed E-state index contributed by atoms with van der Waals surface area (Å²) in [6.45, 7) is 1.55. The molecular formula is C21H22F2N4O2. The number of halogens is 2. The van der Waals surface area contributed by atoms with Gasteiger partial charge in [-0.3, -0.25) is 9.69 Å². The van der Waals surface area contributed by atoms with E-state index in [9.17, 15) is 18.4 Å². The first-order valence-electron chi connectivity index (χ1n) is 9.45. The molecule has 29 heavy (non-hydrogen) atoms. The van der Waals surface area contributed by atoms with Crippen LogP contribution < -0.4 is 10.2 Å². The van der Waals surface area contributed by atoms with Crippen LogP contribution >= 0.6 is 0 Å². The molecule has 0 saturated carbocycles. The van der Waals surface area contributed by atoms with Gasteiger partial charge in [-0.05, 0) is 55.9 Å². The molecule has 0 bridgehead atoms. The van der Waals surface area contributed by atoms with Gasteiger partial charge in [0, 0.05) is 31.0 Å². The fourth-order valence-electron chi connectivity index (χ4n) is 4.04. The smallest absolute Gasteiger partial charge is 0.321 e. The largest absolute Gasteiger partial charge is 0.323 e. The van der Waals surface area contributed by atoms with Crippen LogP contribution in [0.5, 0.6) is 0 Å². The number of anilines is 2. The van der Waals surface area contributed by atoms with Crippen LogP contribution in [0.2, 0.25) is 0 Å². The molecule has 0 aromatic heterocycles. The van der Waals surface area contributed by atoms with Gasteiger partial charge < -0.3 is 15.1 Å². The molecule has 6 nitrogen and oxygen atoms in total. The van der Waals surface area contributed by atoms with Gasteiger partial charge in [0.2, 0.25) is 5.91 Å². The summed E-state index contributed by atoms with van der Waals surface area (Å²) >= 11 is 0. The Morgan fingerprint density at radius 3 is 2.55 bits per heavy atom. The van der Waals surface area contributed by atoms with Crippen molar-refractivity contribution in [3.63, 3.8) is 0 Å². The number of urea groups is 1. The van der Waals surface area contributed by atoms with E-state index < -0.39 is 11.4 Å². The Morgan fingerprint density at radius 1 is 1.07 bits per heavy atom. The lowest BCUT2D eigenvalue weighted by atomic mass is 9.92. The summed E-state index contributed by atoms with van der Waals surface area (Å²) in [5.74, 6) is -0.859. The molecule has 2 aliphatic heterocycles. The number of hydrogen-bond acceptors (Lipinski definition) is 3. The highest BCUT2D eigenvalue weighted by molar-refractivity contribution is 5.96. The molecule has 1 N–H and O–H groups in total. The Labute approximate surface area is 167 Å². The summed E-state index contributed by atoms with van der Waals surface area (Å²) in [6.07, 6.45) is 0.694. The maximum atomic E-state index is 13.7. The molecule has 0 aliphatic carbocycles. The van der Waals surface area contributed by atoms with E-state index in [4.69, 9.17) is 0 Å². The molecule has 2 aromatic carbocycles. The minimum atomic E-state index is -0.402. The lowest BCUT2D eigenvalue weighted by molar-refractivity contribution is -0.123. The van der Waals surface area contributed by atoms with Crippen molar-refractivity contribution in [3.8, 4) is 0 Å². The molecule has 2 aliphatic rings. The molecular weight excluding hydrogens is 378 g/mol. The standard InChI is InChI=1S/C21H22F2N4O2/c1-25-12-19(28)27(18-4-2-3-16(23)11-18)14-21(25)9-10-26(13-21)20(29)24-17-7-5-15(22)6-8-17/h2-8,11H,9-10,12-14H2,1H3,(H,24,29)/t21-/m0/s1. The molecule has 0 radical (unpaired) electrons. The number of rotatable bonds is 2. The van der Waals surface area contributed by atoms with Gasteiger partial charge in [-0.1, -0.05) is 6.07 Å². The number of piperazine rings is 1. The first kappa shape index (κ1) is 19.3. The second-order valence-electron chi connectivity index (χ2n) is 7.65. The lowest BCUT2D eigenvalue weighted by Gasteiger charge is -2.46. The van der Waals surface area contributed by atoms with Crippen molar-refractivity contribution in [1.82, 2.24) is 9.80 Å². The van der Waals surface area contributed by atoms with Crippen LogP contribution in [0.15, 0.2) is 48.5 Å². The Balaban J connectivity index is 1.49. The predicted molar refractivity (Wildman–Crippen MR) is 106 cm³/mol. The third kappa shape index (κ3) is 3.80. The maximum absolute atomic E-state index is 13.7. The van der Waals surface area contributed by atoms with Crippen molar-refractivity contribution in [2.75, 3.05) is 43.4 Å². The van der Waals surface area contributed by atoms with Crippen LogP contribution in [0.1, 0.15) is 6.42 Å². The number of hydrogen-bond donors (Lipinski definition) is 1. The van der Waals surface area contributed by atoms with Gasteiger partial charge in [0.25, 0.3) is 0 Å². The SMILES string of the molecule is CN1CC(=O)N(c2cccc(F)c2)C[C@@]12CCN(C(=O)Nc1ccc(F)cc1)C2. The van der Waals surface area contributed by atoms with E-state index in [2.05, 4.69) is 5.32 Å². The Morgan fingerprint density at radius 2 is 1.83 bits per heavy atom. The Hall–Kier alpha value is -3.00. The van der Waals surface area contributed by atoms with E-state index in [1.807, 2.05) is 11.9 Å². The molecule has 1 spiro atoms. The van der Waals surface area contributed by atoms with Gasteiger partial charge in [0.1, 0.15) is 11.6 Å². The highest BCUT2D eigenvalue weighted by Gasteiger charge is 2.48. The Bertz CT molecular complexity index is 937. The summed E-state index contributed by atoms with van der Waals surface area (Å²) in [7, 11) is 1.88. The van der Waals surface area contributed by atoms with Crippen LogP contribution in [0, 0.1) is 11.6 Å². The van der Waals surface area contributed by atoms with Crippen molar-refractivity contribution in [2.24, 2.45) is 0 Å². The molecule has 2 aromatic rings. The molecule has 2 fully saturated rings. The average molecular weight is 400 g/mol. The van der Waals surface area contributed by atoms with Crippen molar-refractivity contribution < 1.29 is 18.4 Å². The van der Waals surface area contributed by atoms with Crippen molar-refractivity contribution >= 4 is 23.3 Å². The third-order valence-corrected chi connectivity index (χ3v) is 5.77. The average Bonchev–Trinajstić information content (AvgIpc) is 3.12. The van der Waals surface area contributed by atoms with E-state index >= 15 is 0 Å². The quantitative estimate of drug-likeness (QED) is 0.844. The van der Waals surface area contributed by atoms with Gasteiger partial charge in [-0.15, -0.1) is 0 Å². The zero-order chi connectivity index (χ0) is 20.6. The fourth-order valence-corrected chi connectivity index (χ4v) is 4.04. The van der Waals surface area contributed by atoms with E-state index in [-0.39, 0.29) is 24.3 Å². The second kappa shape index (κ2) is 7.44. The zero-order valence-corrected chi connectivity index (χ0v) is 16.1. The lowest BCUT2D eigenvalue weighted by Crippen LogP contribution is -2.64. The van der Waals surface area contributed by atoms with Gasteiger partial charge >= 0.3 is 6.03 Å². The predicted octanol–water partition coefficient (Wildman–Crippen LogP) is 2.92. The minimum absolute atomic E-state index is 0.0991. The van der Waals surface area contributed by atoms with Gasteiger partial charge in [0.15, 0.2) is 0 Å². The minimum Gasteiger partial charge on any atom is -0.323 e. The number of carbonyl (C=O) groups is 2. The highest BCUT2D eigenvalue weighted by atomic mass is 19.1. The molecule has 3 amide bonds. The van der Waals surface area contributed by atoms with E-state index in [0.717, 1.165) is 0 Å². The monoisotopic (exact) mass is 400 g/mol. The summed E-state index contributed by atoms with van der Waals surface area (Å²) in [6, 6.07) is 11.3. The molecule has 2 saturated heterocycles. The number of carbonyl (C=O) groups excluding carboxylic acids is 2. The van der Waals surface area contributed by atoms with Crippen molar-refractivity contribution in [2.45, 2.75) is 12.0 Å². The molecule has 0 unspecified atom stereocenters. The first-order valence-corrected chi connectivity index (χ1v) is 9.45. The topological polar surface area (TPSA) is 55.9 Å². The van der Waals surface area contributed by atoms with Crippen LogP contribution in [-0.2, 0) is 4.79 Å². The number of amides is 3. The van der Waals surface area contributed by atoms with Gasteiger partial charge in [-0.25, -0.2) is 13.6 Å². The van der Waals surface area contributed by atoms with E-state index in [1.54, 1.807) is 21.9 Å². The summed E-state index contributed by atoms with van der Waals surface area (Å²) in [4.78, 5) is 30.5. The van der Waals surface area contributed by atoms with E-state index in [1.165, 1.54) is 36.4 Å². The molecule has 152 valence electrons. The number of nitrogens with zero attached hydrogens (tertiary/aromatic N) is 3. The second-order valence-corrected chi connectivity index (χ2v) is 7.65. The van der Waals surface area contributed by atoms with Gasteiger partial charge in [-0.2, -0.15) is 0 Å². The van der Waals surface area contributed by atoms with Crippen LogP contribution in [-0.4, -0.2) is 60.5 Å². The number of likely N-dealkylation sites (N-methyl/N-ethyl adjacent to an activating group) is 1. The third-order valence-electron chi connectivity index (χ3n) is 5.77.